The van der Waals surface area contributed by atoms with Gasteiger partial charge in [-0.1, -0.05) is 6.07 Å². The summed E-state index contributed by atoms with van der Waals surface area (Å²) >= 11 is 0. The molecule has 6 nitrogen and oxygen atoms in total. The Morgan fingerprint density at radius 2 is 1.85 bits per heavy atom. The minimum absolute atomic E-state index is 0. The van der Waals surface area contributed by atoms with Gasteiger partial charge in [-0.3, -0.25) is 4.99 Å². The Hall–Kier alpha value is -1.22. The molecule has 0 atom stereocenters. The van der Waals surface area contributed by atoms with E-state index in [1.807, 2.05) is 19.9 Å². The lowest BCUT2D eigenvalue weighted by Gasteiger charge is -2.12. The number of nitrogens with one attached hydrogen (secondary N) is 2. The molecule has 156 valence electrons. The second-order valence-electron chi connectivity index (χ2n) is 5.76. The molecule has 1 aromatic rings. The summed E-state index contributed by atoms with van der Waals surface area (Å²) in [4.78, 5) is 4.64. The summed E-state index contributed by atoms with van der Waals surface area (Å²) in [6, 6.07) is 6.11. The van der Waals surface area contributed by atoms with Crippen LogP contribution >= 0.6 is 24.0 Å². The van der Waals surface area contributed by atoms with Crippen LogP contribution in [0.25, 0.3) is 0 Å². The first-order valence-corrected chi connectivity index (χ1v) is 9.64. The fourth-order valence-electron chi connectivity index (χ4n) is 2.49. The highest BCUT2D eigenvalue weighted by Crippen LogP contribution is 2.28. The maximum absolute atomic E-state index is 5.63. The van der Waals surface area contributed by atoms with Gasteiger partial charge in [0, 0.05) is 32.8 Å². The van der Waals surface area contributed by atoms with Crippen molar-refractivity contribution in [3.05, 3.63) is 23.8 Å². The molecule has 0 spiro atoms. The van der Waals surface area contributed by atoms with Crippen LogP contribution in [0, 0.1) is 0 Å². The number of rotatable bonds is 13. The third kappa shape index (κ3) is 11.3. The summed E-state index contributed by atoms with van der Waals surface area (Å²) in [5.74, 6) is 2.45. The molecular formula is C20H36IN3O3. The van der Waals surface area contributed by atoms with Gasteiger partial charge in [0.2, 0.25) is 0 Å². The number of guanidine groups is 1. The first kappa shape index (κ1) is 25.8. The minimum atomic E-state index is 0. The predicted molar refractivity (Wildman–Crippen MR) is 123 cm³/mol. The number of hydrogen-bond acceptors (Lipinski definition) is 4. The van der Waals surface area contributed by atoms with Crippen LogP contribution in [0.4, 0.5) is 0 Å². The van der Waals surface area contributed by atoms with Gasteiger partial charge in [0.25, 0.3) is 0 Å². The van der Waals surface area contributed by atoms with E-state index in [-0.39, 0.29) is 24.0 Å². The van der Waals surface area contributed by atoms with E-state index in [0.29, 0.717) is 6.61 Å². The van der Waals surface area contributed by atoms with E-state index in [2.05, 4.69) is 34.7 Å². The average molecular weight is 493 g/mol. The first-order valence-electron chi connectivity index (χ1n) is 9.64. The zero-order valence-electron chi connectivity index (χ0n) is 17.2. The van der Waals surface area contributed by atoms with Gasteiger partial charge in [-0.15, -0.1) is 24.0 Å². The maximum Gasteiger partial charge on any atom is 0.191 e. The number of aliphatic imine (C=N–C) groups is 1. The number of nitrogens with zero attached hydrogens (tertiary/aromatic N) is 1. The fourth-order valence-corrected chi connectivity index (χ4v) is 2.49. The number of hydrogen-bond donors (Lipinski definition) is 2. The van der Waals surface area contributed by atoms with Crippen LogP contribution in [0.15, 0.2) is 23.2 Å². The van der Waals surface area contributed by atoms with Gasteiger partial charge in [0.1, 0.15) is 0 Å². The standard InChI is InChI=1S/C20H35N3O3.HI/c1-5-21-20(23-14-9-15-25-6-2)22-13-8-10-17-11-12-18(24-4)19(16-17)26-7-3;/h11-12,16H,5-10,13-15H2,1-4H3,(H2,21,22,23);1H. The van der Waals surface area contributed by atoms with Gasteiger partial charge >= 0.3 is 0 Å². The van der Waals surface area contributed by atoms with Crippen LogP contribution in [0.5, 0.6) is 11.5 Å². The Bertz CT molecular complexity index is 527. The summed E-state index contributed by atoms with van der Waals surface area (Å²) in [6.45, 7) is 10.7. The Labute approximate surface area is 181 Å². The van der Waals surface area contributed by atoms with E-state index in [1.165, 1.54) is 5.56 Å². The van der Waals surface area contributed by atoms with Crippen molar-refractivity contribution >= 4 is 29.9 Å². The van der Waals surface area contributed by atoms with Crippen LogP contribution in [0.2, 0.25) is 0 Å². The summed E-state index contributed by atoms with van der Waals surface area (Å²) in [5.41, 5.74) is 1.24. The predicted octanol–water partition coefficient (Wildman–Crippen LogP) is 3.63. The molecule has 0 aliphatic carbocycles. The second kappa shape index (κ2) is 16.9. The summed E-state index contributed by atoms with van der Waals surface area (Å²) in [6.07, 6.45) is 2.91. The molecule has 0 bridgehead atoms. The molecule has 0 aliphatic heterocycles. The lowest BCUT2D eigenvalue weighted by atomic mass is 10.1. The van der Waals surface area contributed by atoms with Crippen molar-refractivity contribution in [3.63, 3.8) is 0 Å². The molecule has 0 saturated heterocycles. The number of ether oxygens (including phenoxy) is 3. The van der Waals surface area contributed by atoms with Crippen LogP contribution in [0.1, 0.15) is 39.2 Å². The van der Waals surface area contributed by atoms with Gasteiger partial charge in [-0.05, 0) is 57.7 Å². The summed E-state index contributed by atoms with van der Waals surface area (Å²) in [7, 11) is 1.66. The van der Waals surface area contributed by atoms with Gasteiger partial charge in [-0.25, -0.2) is 0 Å². The largest absolute Gasteiger partial charge is 0.493 e. The maximum atomic E-state index is 5.63. The van der Waals surface area contributed by atoms with E-state index in [0.717, 1.165) is 69.6 Å². The molecule has 0 radical (unpaired) electrons. The molecule has 0 fully saturated rings. The van der Waals surface area contributed by atoms with Crippen molar-refractivity contribution in [1.82, 2.24) is 10.6 Å². The van der Waals surface area contributed by atoms with Gasteiger partial charge < -0.3 is 24.8 Å². The van der Waals surface area contributed by atoms with E-state index >= 15 is 0 Å². The fraction of sp³-hybridized carbons (Fsp3) is 0.650. The third-order valence-electron chi connectivity index (χ3n) is 3.73. The van der Waals surface area contributed by atoms with E-state index in [1.54, 1.807) is 7.11 Å². The average Bonchev–Trinajstić information content (AvgIpc) is 2.65. The zero-order valence-corrected chi connectivity index (χ0v) is 19.5. The van der Waals surface area contributed by atoms with E-state index < -0.39 is 0 Å². The molecule has 0 amide bonds. The van der Waals surface area contributed by atoms with Gasteiger partial charge in [0.15, 0.2) is 17.5 Å². The molecule has 7 heteroatoms. The van der Waals surface area contributed by atoms with E-state index in [9.17, 15) is 0 Å². The number of halogens is 1. The second-order valence-corrected chi connectivity index (χ2v) is 5.76. The molecule has 0 saturated carbocycles. The third-order valence-corrected chi connectivity index (χ3v) is 3.73. The number of benzene rings is 1. The van der Waals surface area contributed by atoms with Crippen molar-refractivity contribution in [1.29, 1.82) is 0 Å². The molecule has 0 heterocycles. The zero-order chi connectivity index (χ0) is 19.0. The van der Waals surface area contributed by atoms with Crippen molar-refractivity contribution in [2.75, 3.05) is 46.6 Å². The normalized spacial score (nSPS) is 10.9. The summed E-state index contributed by atoms with van der Waals surface area (Å²) in [5, 5.41) is 6.62. The highest BCUT2D eigenvalue weighted by Gasteiger charge is 2.05. The highest BCUT2D eigenvalue weighted by atomic mass is 127. The topological polar surface area (TPSA) is 64.1 Å². The quantitative estimate of drug-likeness (QED) is 0.190. The smallest absolute Gasteiger partial charge is 0.191 e. The Balaban J connectivity index is 0.00000676. The van der Waals surface area contributed by atoms with Crippen molar-refractivity contribution in [3.8, 4) is 11.5 Å². The Morgan fingerprint density at radius 3 is 2.52 bits per heavy atom. The molecule has 1 rings (SSSR count). The van der Waals surface area contributed by atoms with Gasteiger partial charge in [-0.2, -0.15) is 0 Å². The molecule has 1 aromatic carbocycles. The van der Waals surface area contributed by atoms with Crippen molar-refractivity contribution in [2.45, 2.75) is 40.0 Å². The molecule has 0 aliphatic rings. The highest BCUT2D eigenvalue weighted by molar-refractivity contribution is 14.0. The minimum Gasteiger partial charge on any atom is -0.493 e. The monoisotopic (exact) mass is 493 g/mol. The first-order chi connectivity index (χ1) is 12.7. The molecular weight excluding hydrogens is 457 g/mol. The Kier molecular flexibility index (Phi) is 16.2. The Morgan fingerprint density at radius 1 is 1.04 bits per heavy atom. The van der Waals surface area contributed by atoms with Crippen molar-refractivity contribution < 1.29 is 14.2 Å². The van der Waals surface area contributed by atoms with Gasteiger partial charge in [0.05, 0.1) is 13.7 Å². The molecule has 0 unspecified atom stereocenters. The van der Waals surface area contributed by atoms with Crippen LogP contribution < -0.4 is 20.1 Å². The number of aryl methyl sites for hydroxylation is 1. The van der Waals surface area contributed by atoms with Crippen LogP contribution in [-0.4, -0.2) is 52.5 Å². The lowest BCUT2D eigenvalue weighted by Crippen LogP contribution is -2.38. The molecule has 27 heavy (non-hydrogen) atoms. The van der Waals surface area contributed by atoms with Crippen LogP contribution in [-0.2, 0) is 11.2 Å². The van der Waals surface area contributed by atoms with Crippen LogP contribution in [0.3, 0.4) is 0 Å². The number of methoxy groups -OCH3 is 1. The van der Waals surface area contributed by atoms with Crippen molar-refractivity contribution in [2.24, 2.45) is 4.99 Å². The molecule has 2 N–H and O–H groups in total. The molecule has 0 aromatic heterocycles. The van der Waals surface area contributed by atoms with E-state index in [4.69, 9.17) is 14.2 Å². The summed E-state index contributed by atoms with van der Waals surface area (Å²) < 4.78 is 16.3. The lowest BCUT2D eigenvalue weighted by molar-refractivity contribution is 0.145. The SMILES string of the molecule is CCNC(=NCCCc1ccc(OC)c(OCC)c1)NCCCOCC.I.